The van der Waals surface area contributed by atoms with E-state index in [4.69, 9.17) is 11.6 Å². The molecule has 0 saturated carbocycles. The van der Waals surface area contributed by atoms with Crippen LogP contribution < -0.4 is 0 Å². The van der Waals surface area contributed by atoms with Gasteiger partial charge in [0.05, 0.1) is 6.20 Å². The summed E-state index contributed by atoms with van der Waals surface area (Å²) in [4.78, 5) is 28.0. The standard InChI is InChI=1S/C25H23ClFN5O2/c26-18-5-1-4-17(12-18)23(33)25(34)31-10-2-3-16(14-31)11-20-8-9-28-24(30-20)21-13-29-22-7-6-19(27)15-32(21)22/h1,4-9,12-13,15-16,23,33H,2-3,10-11,14H2/t16-,23+/m0/s1. The van der Waals surface area contributed by atoms with Gasteiger partial charge in [0.15, 0.2) is 11.9 Å². The normalized spacial score (nSPS) is 17.1. The highest BCUT2D eigenvalue weighted by atomic mass is 35.5. The Kier molecular flexibility index (Phi) is 6.26. The fourth-order valence-corrected chi connectivity index (χ4v) is 4.67. The van der Waals surface area contributed by atoms with Crippen molar-refractivity contribution in [2.24, 2.45) is 5.92 Å². The van der Waals surface area contributed by atoms with Crippen LogP contribution in [0.3, 0.4) is 0 Å². The maximum atomic E-state index is 13.7. The van der Waals surface area contributed by atoms with Crippen molar-refractivity contribution >= 4 is 23.2 Å². The Morgan fingerprint density at radius 3 is 2.97 bits per heavy atom. The van der Waals surface area contributed by atoms with Crippen molar-refractivity contribution in [2.75, 3.05) is 13.1 Å². The van der Waals surface area contributed by atoms with E-state index in [1.807, 2.05) is 6.07 Å². The largest absolute Gasteiger partial charge is 0.378 e. The van der Waals surface area contributed by atoms with Crippen molar-refractivity contribution in [3.8, 4) is 11.5 Å². The van der Waals surface area contributed by atoms with Gasteiger partial charge < -0.3 is 10.0 Å². The number of hydrogen-bond acceptors (Lipinski definition) is 5. The van der Waals surface area contributed by atoms with Gasteiger partial charge in [-0.05, 0) is 61.1 Å². The van der Waals surface area contributed by atoms with Gasteiger partial charge in [0.2, 0.25) is 0 Å². The zero-order valence-electron chi connectivity index (χ0n) is 18.3. The number of benzene rings is 1. The minimum Gasteiger partial charge on any atom is -0.378 e. The van der Waals surface area contributed by atoms with Crippen LogP contribution in [0.15, 0.2) is 61.1 Å². The van der Waals surface area contributed by atoms with E-state index in [0.717, 1.165) is 18.5 Å². The molecule has 34 heavy (non-hydrogen) atoms. The molecule has 1 fully saturated rings. The number of imidazole rings is 1. The Labute approximate surface area is 200 Å². The van der Waals surface area contributed by atoms with Crippen molar-refractivity contribution in [1.29, 1.82) is 0 Å². The molecule has 4 aromatic rings. The second kappa shape index (κ2) is 9.48. The molecule has 9 heteroatoms. The number of aliphatic hydroxyl groups is 1. The number of pyridine rings is 1. The molecule has 174 valence electrons. The first-order chi connectivity index (χ1) is 16.5. The number of halogens is 2. The fourth-order valence-electron chi connectivity index (χ4n) is 4.47. The van der Waals surface area contributed by atoms with Crippen LogP contribution in [0.2, 0.25) is 5.02 Å². The molecule has 1 aliphatic rings. The number of hydrogen-bond donors (Lipinski definition) is 1. The lowest BCUT2D eigenvalue weighted by Gasteiger charge is -2.34. The molecular weight excluding hydrogens is 457 g/mol. The van der Waals surface area contributed by atoms with Crippen molar-refractivity contribution in [3.05, 3.63) is 83.2 Å². The summed E-state index contributed by atoms with van der Waals surface area (Å²) in [5.41, 5.74) is 2.56. The van der Waals surface area contributed by atoms with Crippen molar-refractivity contribution in [1.82, 2.24) is 24.3 Å². The average molecular weight is 480 g/mol. The predicted molar refractivity (Wildman–Crippen MR) is 126 cm³/mol. The van der Waals surface area contributed by atoms with Crippen LogP contribution in [0.4, 0.5) is 4.39 Å². The molecule has 0 unspecified atom stereocenters. The number of rotatable bonds is 5. The summed E-state index contributed by atoms with van der Waals surface area (Å²) in [5, 5.41) is 11.1. The van der Waals surface area contributed by atoms with E-state index in [1.54, 1.807) is 52.0 Å². The summed E-state index contributed by atoms with van der Waals surface area (Å²) in [7, 11) is 0. The zero-order valence-corrected chi connectivity index (χ0v) is 19.1. The summed E-state index contributed by atoms with van der Waals surface area (Å²) < 4.78 is 15.4. The quantitative estimate of drug-likeness (QED) is 0.466. The van der Waals surface area contributed by atoms with Crippen molar-refractivity contribution in [2.45, 2.75) is 25.4 Å². The molecule has 3 aromatic heterocycles. The second-order valence-corrected chi connectivity index (χ2v) is 8.98. The third-order valence-corrected chi connectivity index (χ3v) is 6.37. The molecule has 7 nitrogen and oxygen atoms in total. The first-order valence-corrected chi connectivity index (χ1v) is 11.5. The smallest absolute Gasteiger partial charge is 0.256 e. The molecule has 0 spiro atoms. The minimum absolute atomic E-state index is 0.201. The summed E-state index contributed by atoms with van der Waals surface area (Å²) >= 11 is 6.01. The van der Waals surface area contributed by atoms with Crippen LogP contribution >= 0.6 is 11.6 Å². The molecule has 2 atom stereocenters. The Hall–Kier alpha value is -3.36. The lowest BCUT2D eigenvalue weighted by Crippen LogP contribution is -2.43. The lowest BCUT2D eigenvalue weighted by molar-refractivity contribution is -0.142. The molecule has 1 N–H and O–H groups in total. The maximum absolute atomic E-state index is 13.7. The number of amides is 1. The van der Waals surface area contributed by atoms with E-state index in [9.17, 15) is 14.3 Å². The number of nitrogens with zero attached hydrogens (tertiary/aromatic N) is 5. The number of carbonyl (C=O) groups excluding carboxylic acids is 1. The number of carbonyl (C=O) groups is 1. The van der Waals surface area contributed by atoms with Crippen molar-refractivity contribution in [3.63, 3.8) is 0 Å². The van der Waals surface area contributed by atoms with E-state index < -0.39 is 6.10 Å². The molecule has 1 aromatic carbocycles. The molecule has 1 aliphatic heterocycles. The number of likely N-dealkylation sites (tertiary alicyclic amines) is 1. The highest BCUT2D eigenvalue weighted by molar-refractivity contribution is 6.30. The highest BCUT2D eigenvalue weighted by Crippen LogP contribution is 2.26. The minimum atomic E-state index is -1.24. The van der Waals surface area contributed by atoms with Gasteiger partial charge in [-0.15, -0.1) is 0 Å². The van der Waals surface area contributed by atoms with Gasteiger partial charge in [0.1, 0.15) is 17.2 Å². The predicted octanol–water partition coefficient (Wildman–Crippen LogP) is 4.10. The summed E-state index contributed by atoms with van der Waals surface area (Å²) in [6, 6.07) is 11.6. The molecule has 0 radical (unpaired) electrons. The van der Waals surface area contributed by atoms with Gasteiger partial charge in [-0.1, -0.05) is 23.7 Å². The first-order valence-electron chi connectivity index (χ1n) is 11.1. The van der Waals surface area contributed by atoms with Crippen LogP contribution in [-0.4, -0.2) is 48.4 Å². The van der Waals surface area contributed by atoms with Gasteiger partial charge in [0.25, 0.3) is 5.91 Å². The van der Waals surface area contributed by atoms with Gasteiger partial charge in [-0.2, -0.15) is 0 Å². The molecule has 0 bridgehead atoms. The van der Waals surface area contributed by atoms with Crippen LogP contribution in [0.1, 0.15) is 30.2 Å². The van der Waals surface area contributed by atoms with E-state index in [0.29, 0.717) is 47.3 Å². The molecular formula is C25H23ClFN5O2. The van der Waals surface area contributed by atoms with Gasteiger partial charge in [0, 0.05) is 36.2 Å². The van der Waals surface area contributed by atoms with E-state index in [-0.39, 0.29) is 17.6 Å². The van der Waals surface area contributed by atoms with E-state index in [1.165, 1.54) is 12.3 Å². The maximum Gasteiger partial charge on any atom is 0.256 e. The van der Waals surface area contributed by atoms with Gasteiger partial charge in [-0.3, -0.25) is 9.20 Å². The van der Waals surface area contributed by atoms with Crippen LogP contribution in [0.5, 0.6) is 0 Å². The molecule has 4 heterocycles. The van der Waals surface area contributed by atoms with Crippen molar-refractivity contribution < 1.29 is 14.3 Å². The van der Waals surface area contributed by atoms with Crippen LogP contribution in [0.25, 0.3) is 17.2 Å². The molecule has 1 saturated heterocycles. The molecule has 0 aliphatic carbocycles. The Balaban J connectivity index is 1.30. The number of fused-ring (bicyclic) bond motifs is 1. The highest BCUT2D eigenvalue weighted by Gasteiger charge is 2.29. The van der Waals surface area contributed by atoms with Crippen LogP contribution in [0, 0.1) is 11.7 Å². The Bertz CT molecular complexity index is 1340. The number of piperidine rings is 1. The SMILES string of the molecule is O=C([C@H](O)c1cccc(Cl)c1)N1CCC[C@@H](Cc2ccnc(-c3cnc4ccc(F)cn34)n2)C1. The first kappa shape index (κ1) is 22.4. The lowest BCUT2D eigenvalue weighted by atomic mass is 9.92. The number of aromatic nitrogens is 4. The molecule has 1 amide bonds. The summed E-state index contributed by atoms with van der Waals surface area (Å²) in [5.74, 6) is -0.0136. The van der Waals surface area contributed by atoms with Crippen LogP contribution in [-0.2, 0) is 11.2 Å². The monoisotopic (exact) mass is 479 g/mol. The zero-order chi connectivity index (χ0) is 23.7. The summed E-state index contributed by atoms with van der Waals surface area (Å²) in [6.45, 7) is 1.14. The third-order valence-electron chi connectivity index (χ3n) is 6.14. The second-order valence-electron chi connectivity index (χ2n) is 8.54. The Morgan fingerprint density at radius 2 is 2.12 bits per heavy atom. The summed E-state index contributed by atoms with van der Waals surface area (Å²) in [6.07, 6.45) is 5.91. The third kappa shape index (κ3) is 4.64. The Morgan fingerprint density at radius 1 is 1.24 bits per heavy atom. The van der Waals surface area contributed by atoms with Gasteiger partial charge in [-0.25, -0.2) is 19.3 Å². The molecule has 5 rings (SSSR count). The van der Waals surface area contributed by atoms with E-state index >= 15 is 0 Å². The topological polar surface area (TPSA) is 83.6 Å². The number of aliphatic hydroxyl groups excluding tert-OH is 1. The van der Waals surface area contributed by atoms with Gasteiger partial charge >= 0.3 is 0 Å². The van der Waals surface area contributed by atoms with E-state index in [2.05, 4.69) is 15.0 Å². The average Bonchev–Trinajstić information content (AvgIpc) is 3.26. The fraction of sp³-hybridized carbons (Fsp3) is 0.280.